The third kappa shape index (κ3) is 6.10. The number of carbonyl (C=O) groups excluding carboxylic acids is 3. The molecule has 0 aliphatic rings. The van der Waals surface area contributed by atoms with Crippen LogP contribution in [0.4, 0.5) is 4.79 Å². The Morgan fingerprint density at radius 1 is 0.960 bits per heavy atom. The van der Waals surface area contributed by atoms with Gasteiger partial charge in [0.25, 0.3) is 5.91 Å². The second-order valence-electron chi connectivity index (χ2n) is 5.31. The molecule has 25 heavy (non-hydrogen) atoms. The molecule has 2 aromatic carbocycles. The number of nitrogens with one attached hydrogen (secondary N) is 2. The van der Waals surface area contributed by atoms with Crippen LogP contribution in [0.2, 0.25) is 0 Å². The largest absolute Gasteiger partial charge is 0.484 e. The minimum absolute atomic E-state index is 0.0411. The van der Waals surface area contributed by atoms with Crippen LogP contribution in [-0.2, 0) is 11.3 Å². The van der Waals surface area contributed by atoms with E-state index in [1.807, 2.05) is 30.3 Å². The smallest absolute Gasteiger partial charge is 0.321 e. The predicted molar refractivity (Wildman–Crippen MR) is 93.4 cm³/mol. The second kappa shape index (κ2) is 9.22. The van der Waals surface area contributed by atoms with Crippen LogP contribution in [0, 0.1) is 0 Å². The lowest BCUT2D eigenvalue weighted by molar-refractivity contribution is -0.122. The third-order valence-corrected chi connectivity index (χ3v) is 3.42. The first-order valence-electron chi connectivity index (χ1n) is 7.96. The second-order valence-corrected chi connectivity index (χ2v) is 5.31. The minimum atomic E-state index is -0.582. The molecular formula is C19H20N2O4. The van der Waals surface area contributed by atoms with Gasteiger partial charge in [0.05, 0.1) is 0 Å². The SMILES string of the molecule is CCC(=O)c1ccc(OCC(=O)NC(=O)NCc2ccccc2)cc1. The first-order valence-corrected chi connectivity index (χ1v) is 7.96. The van der Waals surface area contributed by atoms with Crippen LogP contribution in [-0.4, -0.2) is 24.3 Å². The molecule has 0 atom stereocenters. The molecule has 130 valence electrons. The Hall–Kier alpha value is -3.15. The van der Waals surface area contributed by atoms with Gasteiger partial charge in [0, 0.05) is 18.5 Å². The number of rotatable bonds is 7. The number of ketones is 1. The van der Waals surface area contributed by atoms with Crippen LogP contribution in [0.3, 0.4) is 0 Å². The van der Waals surface area contributed by atoms with Gasteiger partial charge >= 0.3 is 6.03 Å². The topological polar surface area (TPSA) is 84.5 Å². The van der Waals surface area contributed by atoms with Crippen molar-refractivity contribution in [2.75, 3.05) is 6.61 Å². The van der Waals surface area contributed by atoms with E-state index in [1.54, 1.807) is 31.2 Å². The fourth-order valence-corrected chi connectivity index (χ4v) is 2.08. The van der Waals surface area contributed by atoms with Crippen molar-refractivity contribution in [3.8, 4) is 5.75 Å². The van der Waals surface area contributed by atoms with Crippen molar-refractivity contribution < 1.29 is 19.1 Å². The zero-order valence-electron chi connectivity index (χ0n) is 14.0. The summed E-state index contributed by atoms with van der Waals surface area (Å²) in [5.41, 5.74) is 1.53. The molecule has 0 radical (unpaired) electrons. The number of urea groups is 1. The van der Waals surface area contributed by atoms with Gasteiger partial charge in [-0.25, -0.2) is 4.79 Å². The Balaban J connectivity index is 1.72. The predicted octanol–water partition coefficient (Wildman–Crippen LogP) is 2.68. The Morgan fingerprint density at radius 3 is 2.28 bits per heavy atom. The highest BCUT2D eigenvalue weighted by Crippen LogP contribution is 2.13. The van der Waals surface area contributed by atoms with E-state index >= 15 is 0 Å². The molecule has 0 fully saturated rings. The van der Waals surface area contributed by atoms with E-state index < -0.39 is 11.9 Å². The number of benzene rings is 2. The number of amides is 3. The van der Waals surface area contributed by atoms with Crippen LogP contribution in [0.25, 0.3) is 0 Å². The summed E-state index contributed by atoms with van der Waals surface area (Å²) in [7, 11) is 0. The summed E-state index contributed by atoms with van der Waals surface area (Å²) in [5, 5.41) is 4.78. The summed E-state index contributed by atoms with van der Waals surface area (Å²) in [6.07, 6.45) is 0.431. The summed E-state index contributed by atoms with van der Waals surface area (Å²) >= 11 is 0. The molecule has 0 saturated heterocycles. The average molecular weight is 340 g/mol. The van der Waals surface area contributed by atoms with Crippen LogP contribution >= 0.6 is 0 Å². The maximum absolute atomic E-state index is 11.7. The van der Waals surface area contributed by atoms with E-state index in [0.29, 0.717) is 24.3 Å². The molecule has 3 amide bonds. The molecule has 0 aliphatic heterocycles. The molecule has 0 aliphatic carbocycles. The number of hydrogen-bond donors (Lipinski definition) is 2. The fourth-order valence-electron chi connectivity index (χ4n) is 2.08. The first kappa shape index (κ1) is 18.2. The van der Waals surface area contributed by atoms with Gasteiger partial charge in [0.15, 0.2) is 12.4 Å². The van der Waals surface area contributed by atoms with E-state index in [9.17, 15) is 14.4 Å². The zero-order valence-corrected chi connectivity index (χ0v) is 14.0. The maximum Gasteiger partial charge on any atom is 0.321 e. The number of ether oxygens (including phenoxy) is 1. The molecule has 2 N–H and O–H groups in total. The number of hydrogen-bond acceptors (Lipinski definition) is 4. The van der Waals surface area contributed by atoms with Gasteiger partial charge in [-0.2, -0.15) is 0 Å². The minimum Gasteiger partial charge on any atom is -0.484 e. The Kier molecular flexibility index (Phi) is 6.71. The molecule has 0 aromatic heterocycles. The fraction of sp³-hybridized carbons (Fsp3) is 0.211. The van der Waals surface area contributed by atoms with Gasteiger partial charge < -0.3 is 10.1 Å². The Bertz CT molecular complexity index is 727. The Morgan fingerprint density at radius 2 is 1.64 bits per heavy atom. The average Bonchev–Trinajstić information content (AvgIpc) is 2.65. The van der Waals surface area contributed by atoms with Crippen molar-refractivity contribution in [3.63, 3.8) is 0 Å². The van der Waals surface area contributed by atoms with Crippen molar-refractivity contribution in [1.82, 2.24) is 10.6 Å². The molecule has 2 aromatic rings. The van der Waals surface area contributed by atoms with Gasteiger partial charge in [-0.15, -0.1) is 0 Å². The number of Topliss-reactive ketones (excluding diaryl/α,β-unsaturated/α-hetero) is 1. The lowest BCUT2D eigenvalue weighted by Crippen LogP contribution is -2.41. The van der Waals surface area contributed by atoms with Gasteiger partial charge in [0.1, 0.15) is 5.75 Å². The molecule has 0 unspecified atom stereocenters. The van der Waals surface area contributed by atoms with E-state index in [0.717, 1.165) is 5.56 Å². The third-order valence-electron chi connectivity index (χ3n) is 3.42. The standard InChI is InChI=1S/C19H20N2O4/c1-2-17(22)15-8-10-16(11-9-15)25-13-18(23)21-19(24)20-12-14-6-4-3-5-7-14/h3-11H,2,12-13H2,1H3,(H2,20,21,23,24). The van der Waals surface area contributed by atoms with E-state index in [1.165, 1.54) is 0 Å². The summed E-state index contributed by atoms with van der Waals surface area (Å²) in [6, 6.07) is 15.3. The summed E-state index contributed by atoms with van der Waals surface area (Å²) in [4.78, 5) is 34.9. The summed E-state index contributed by atoms with van der Waals surface area (Å²) in [6.45, 7) is 1.83. The zero-order chi connectivity index (χ0) is 18.1. The lowest BCUT2D eigenvalue weighted by atomic mass is 10.1. The molecule has 6 heteroatoms. The summed E-state index contributed by atoms with van der Waals surface area (Å²) in [5.74, 6) is -0.0638. The van der Waals surface area contributed by atoms with Crippen molar-refractivity contribution in [1.29, 1.82) is 0 Å². The van der Waals surface area contributed by atoms with Crippen molar-refractivity contribution >= 4 is 17.7 Å². The van der Waals surface area contributed by atoms with E-state index in [2.05, 4.69) is 10.6 Å². The molecule has 2 rings (SSSR count). The van der Waals surface area contributed by atoms with E-state index in [4.69, 9.17) is 4.74 Å². The van der Waals surface area contributed by atoms with Crippen molar-refractivity contribution in [2.24, 2.45) is 0 Å². The monoisotopic (exact) mass is 340 g/mol. The van der Waals surface area contributed by atoms with Crippen LogP contribution in [0.5, 0.6) is 5.75 Å². The molecular weight excluding hydrogens is 320 g/mol. The molecule has 0 bridgehead atoms. The summed E-state index contributed by atoms with van der Waals surface area (Å²) < 4.78 is 5.30. The van der Waals surface area contributed by atoms with Crippen molar-refractivity contribution in [3.05, 3.63) is 65.7 Å². The van der Waals surface area contributed by atoms with E-state index in [-0.39, 0.29) is 12.4 Å². The van der Waals surface area contributed by atoms with Crippen LogP contribution < -0.4 is 15.4 Å². The van der Waals surface area contributed by atoms with Gasteiger partial charge in [-0.3, -0.25) is 14.9 Å². The number of carbonyl (C=O) groups is 3. The molecule has 0 saturated carbocycles. The van der Waals surface area contributed by atoms with Crippen LogP contribution in [0.1, 0.15) is 29.3 Å². The lowest BCUT2D eigenvalue weighted by Gasteiger charge is -2.08. The van der Waals surface area contributed by atoms with Crippen molar-refractivity contribution in [2.45, 2.75) is 19.9 Å². The highest BCUT2D eigenvalue weighted by molar-refractivity contribution is 5.96. The Labute approximate surface area is 146 Å². The quantitative estimate of drug-likeness (QED) is 0.759. The highest BCUT2D eigenvalue weighted by atomic mass is 16.5. The first-order chi connectivity index (χ1) is 12.1. The van der Waals surface area contributed by atoms with Gasteiger partial charge in [-0.05, 0) is 29.8 Å². The molecule has 0 heterocycles. The normalized spacial score (nSPS) is 9.96. The van der Waals surface area contributed by atoms with Gasteiger partial charge in [0.2, 0.25) is 0 Å². The maximum atomic E-state index is 11.7. The van der Waals surface area contributed by atoms with Crippen LogP contribution in [0.15, 0.2) is 54.6 Å². The molecule has 0 spiro atoms. The highest BCUT2D eigenvalue weighted by Gasteiger charge is 2.09. The molecule has 6 nitrogen and oxygen atoms in total. The number of imide groups is 1. The van der Waals surface area contributed by atoms with Gasteiger partial charge in [-0.1, -0.05) is 37.3 Å².